The Labute approximate surface area is 121 Å². The molecule has 2 atom stereocenters. The molecule has 0 saturated heterocycles. The monoisotopic (exact) mass is 302 g/mol. The van der Waals surface area contributed by atoms with Crippen LogP contribution in [0.15, 0.2) is 24.3 Å². The van der Waals surface area contributed by atoms with Crippen LogP contribution in [0.25, 0.3) is 0 Å². The van der Waals surface area contributed by atoms with Gasteiger partial charge in [-0.25, -0.2) is 4.79 Å². The van der Waals surface area contributed by atoms with Gasteiger partial charge in [0.25, 0.3) is 0 Å². The average molecular weight is 303 g/mol. The number of rotatable bonds is 6. The number of carbonyl (C=O) groups excluding carboxylic acids is 1. The van der Waals surface area contributed by atoms with Crippen molar-refractivity contribution in [2.45, 2.75) is 18.5 Å². The maximum atomic E-state index is 11.7. The van der Waals surface area contributed by atoms with E-state index in [1.807, 2.05) is 0 Å². The third-order valence-electron chi connectivity index (χ3n) is 2.50. The smallest absolute Gasteiger partial charge is 0.327 e. The van der Waals surface area contributed by atoms with Gasteiger partial charge >= 0.3 is 5.97 Å². The Hall–Kier alpha value is -1.24. The molecule has 104 valence electrons. The lowest BCUT2D eigenvalue weighted by Crippen LogP contribution is -2.50. The second-order valence-electron chi connectivity index (χ2n) is 4.02. The SMILES string of the molecule is N[C@@H](Cc1ccc(Cl)cc1)C(=O)N[C@H](CS)C(=O)O. The highest BCUT2D eigenvalue weighted by atomic mass is 35.5. The molecule has 0 aromatic heterocycles. The summed E-state index contributed by atoms with van der Waals surface area (Å²) in [6.07, 6.45) is 0.307. The number of carbonyl (C=O) groups is 2. The van der Waals surface area contributed by atoms with Crippen LogP contribution in [-0.2, 0) is 16.0 Å². The quantitative estimate of drug-likeness (QED) is 0.582. The number of benzene rings is 1. The summed E-state index contributed by atoms with van der Waals surface area (Å²) in [5, 5.41) is 11.7. The van der Waals surface area contributed by atoms with Crippen LogP contribution in [0.4, 0.5) is 0 Å². The van der Waals surface area contributed by atoms with Crippen molar-refractivity contribution in [2.75, 3.05) is 5.75 Å². The van der Waals surface area contributed by atoms with Crippen molar-refractivity contribution in [1.29, 1.82) is 0 Å². The topological polar surface area (TPSA) is 92.4 Å². The summed E-state index contributed by atoms with van der Waals surface area (Å²) in [6.45, 7) is 0. The van der Waals surface area contributed by atoms with Gasteiger partial charge in [-0.15, -0.1) is 0 Å². The van der Waals surface area contributed by atoms with Crippen LogP contribution in [0.5, 0.6) is 0 Å². The first-order chi connectivity index (χ1) is 8.93. The van der Waals surface area contributed by atoms with Gasteiger partial charge in [0.1, 0.15) is 6.04 Å². The number of hydrogen-bond acceptors (Lipinski definition) is 4. The molecule has 1 amide bonds. The average Bonchev–Trinajstić information content (AvgIpc) is 2.37. The van der Waals surface area contributed by atoms with Crippen molar-refractivity contribution in [3.05, 3.63) is 34.9 Å². The molecule has 7 heteroatoms. The summed E-state index contributed by atoms with van der Waals surface area (Å²) < 4.78 is 0. The van der Waals surface area contributed by atoms with Gasteiger partial charge in [0, 0.05) is 10.8 Å². The standard InChI is InChI=1S/C12H15ClN2O3S/c13-8-3-1-7(2-4-8)5-9(14)11(16)15-10(6-19)12(17)18/h1-4,9-10,19H,5-6,14H2,(H,15,16)(H,17,18)/t9-,10+/m0/s1. The van der Waals surface area contributed by atoms with E-state index in [9.17, 15) is 9.59 Å². The van der Waals surface area contributed by atoms with Crippen molar-refractivity contribution in [1.82, 2.24) is 5.32 Å². The molecule has 0 bridgehead atoms. The number of carboxylic acid groups (broad SMARTS) is 1. The van der Waals surface area contributed by atoms with Crippen molar-refractivity contribution in [2.24, 2.45) is 5.73 Å². The summed E-state index contributed by atoms with van der Waals surface area (Å²) in [4.78, 5) is 22.5. The molecule has 0 unspecified atom stereocenters. The minimum absolute atomic E-state index is 0.00867. The van der Waals surface area contributed by atoms with Gasteiger partial charge in [-0.05, 0) is 24.1 Å². The van der Waals surface area contributed by atoms with Gasteiger partial charge in [0.2, 0.25) is 5.91 Å². The number of nitrogens with one attached hydrogen (secondary N) is 1. The van der Waals surface area contributed by atoms with E-state index in [4.69, 9.17) is 22.4 Å². The molecule has 0 saturated carbocycles. The van der Waals surface area contributed by atoms with E-state index < -0.39 is 24.0 Å². The molecule has 0 fully saturated rings. The van der Waals surface area contributed by atoms with E-state index in [1.54, 1.807) is 24.3 Å². The van der Waals surface area contributed by atoms with E-state index in [2.05, 4.69) is 17.9 Å². The number of amides is 1. The minimum atomic E-state index is -1.14. The molecule has 0 radical (unpaired) electrons. The largest absolute Gasteiger partial charge is 0.480 e. The van der Waals surface area contributed by atoms with Crippen LogP contribution >= 0.6 is 24.2 Å². The van der Waals surface area contributed by atoms with E-state index in [-0.39, 0.29) is 5.75 Å². The number of hydrogen-bond donors (Lipinski definition) is 4. The van der Waals surface area contributed by atoms with Gasteiger partial charge in [0.15, 0.2) is 0 Å². The number of aliphatic carboxylic acids is 1. The summed E-state index contributed by atoms with van der Waals surface area (Å²) in [5.74, 6) is -1.65. The van der Waals surface area contributed by atoms with E-state index in [0.29, 0.717) is 11.4 Å². The number of thiol groups is 1. The molecule has 1 aromatic carbocycles. The van der Waals surface area contributed by atoms with Crippen molar-refractivity contribution >= 4 is 36.1 Å². The predicted molar refractivity (Wildman–Crippen MR) is 76.6 cm³/mol. The van der Waals surface area contributed by atoms with Crippen LogP contribution in [0.2, 0.25) is 5.02 Å². The Morgan fingerprint density at radius 2 is 1.95 bits per heavy atom. The highest BCUT2D eigenvalue weighted by molar-refractivity contribution is 7.80. The zero-order valence-electron chi connectivity index (χ0n) is 10.0. The number of halogens is 1. The molecule has 0 aliphatic carbocycles. The molecule has 19 heavy (non-hydrogen) atoms. The lowest BCUT2D eigenvalue weighted by Gasteiger charge is -2.16. The zero-order chi connectivity index (χ0) is 14.4. The first-order valence-electron chi connectivity index (χ1n) is 5.58. The molecule has 1 rings (SSSR count). The molecule has 5 nitrogen and oxygen atoms in total. The Morgan fingerprint density at radius 1 is 1.37 bits per heavy atom. The van der Waals surface area contributed by atoms with Crippen molar-refractivity contribution < 1.29 is 14.7 Å². The van der Waals surface area contributed by atoms with Crippen LogP contribution in [0.1, 0.15) is 5.56 Å². The Balaban J connectivity index is 2.57. The first kappa shape index (κ1) is 15.8. The van der Waals surface area contributed by atoms with Crippen molar-refractivity contribution in [3.63, 3.8) is 0 Å². The lowest BCUT2D eigenvalue weighted by atomic mass is 10.1. The van der Waals surface area contributed by atoms with E-state index in [0.717, 1.165) is 5.56 Å². The normalized spacial score (nSPS) is 13.6. The third kappa shape index (κ3) is 5.10. The Bertz CT molecular complexity index is 453. The predicted octanol–water partition coefficient (Wildman–Crippen LogP) is 0.709. The van der Waals surface area contributed by atoms with Gasteiger partial charge in [-0.1, -0.05) is 23.7 Å². The molecular formula is C12H15ClN2O3S. The molecule has 0 aliphatic rings. The third-order valence-corrected chi connectivity index (χ3v) is 3.12. The highest BCUT2D eigenvalue weighted by Crippen LogP contribution is 2.10. The van der Waals surface area contributed by atoms with Crippen LogP contribution < -0.4 is 11.1 Å². The molecule has 1 aromatic rings. The van der Waals surface area contributed by atoms with Crippen molar-refractivity contribution in [3.8, 4) is 0 Å². The Morgan fingerprint density at radius 3 is 2.42 bits per heavy atom. The summed E-state index contributed by atoms with van der Waals surface area (Å²) in [6, 6.07) is 5.09. The zero-order valence-corrected chi connectivity index (χ0v) is 11.7. The number of carboxylic acids is 1. The summed E-state index contributed by atoms with van der Waals surface area (Å²) in [7, 11) is 0. The fourth-order valence-corrected chi connectivity index (χ4v) is 1.80. The van der Waals surface area contributed by atoms with E-state index >= 15 is 0 Å². The lowest BCUT2D eigenvalue weighted by molar-refractivity contribution is -0.141. The fourth-order valence-electron chi connectivity index (χ4n) is 1.43. The first-order valence-corrected chi connectivity index (χ1v) is 6.59. The molecule has 0 spiro atoms. The second kappa shape index (κ2) is 7.37. The molecule has 0 aliphatic heterocycles. The van der Waals surface area contributed by atoms with Crippen LogP contribution in [0, 0.1) is 0 Å². The molecular weight excluding hydrogens is 288 g/mol. The molecule has 0 heterocycles. The second-order valence-corrected chi connectivity index (χ2v) is 4.82. The minimum Gasteiger partial charge on any atom is -0.480 e. The van der Waals surface area contributed by atoms with Gasteiger partial charge in [-0.2, -0.15) is 12.6 Å². The van der Waals surface area contributed by atoms with E-state index in [1.165, 1.54) is 0 Å². The Kier molecular flexibility index (Phi) is 6.14. The van der Waals surface area contributed by atoms with Crippen LogP contribution in [-0.4, -0.2) is 34.8 Å². The molecule has 4 N–H and O–H groups in total. The number of nitrogens with two attached hydrogens (primary N) is 1. The van der Waals surface area contributed by atoms with Gasteiger partial charge in [-0.3, -0.25) is 4.79 Å². The highest BCUT2D eigenvalue weighted by Gasteiger charge is 2.22. The maximum absolute atomic E-state index is 11.7. The van der Waals surface area contributed by atoms with Crippen LogP contribution in [0.3, 0.4) is 0 Å². The maximum Gasteiger partial charge on any atom is 0.327 e. The summed E-state index contributed by atoms with van der Waals surface area (Å²) >= 11 is 9.61. The van der Waals surface area contributed by atoms with Gasteiger partial charge in [0.05, 0.1) is 6.04 Å². The van der Waals surface area contributed by atoms with Gasteiger partial charge < -0.3 is 16.2 Å². The fraction of sp³-hybridized carbons (Fsp3) is 0.333. The summed E-state index contributed by atoms with van der Waals surface area (Å²) in [5.41, 5.74) is 6.58.